The minimum atomic E-state index is -3.40. The lowest BCUT2D eigenvalue weighted by Gasteiger charge is -2.30. The Morgan fingerprint density at radius 3 is 2.37 bits per heavy atom. The normalized spacial score (nSPS) is 16.8. The predicted octanol–water partition coefficient (Wildman–Crippen LogP) is 4.06. The molecule has 1 saturated heterocycles. The van der Waals surface area contributed by atoms with E-state index < -0.39 is 10.0 Å². The molecule has 1 fully saturated rings. The SMILES string of the molecule is O=S(=O)(/C=C/c1ccccc1)N1CCC(COCc2ccc(F)cc2)CC1. The van der Waals surface area contributed by atoms with Crippen molar-refractivity contribution < 1.29 is 17.5 Å². The van der Waals surface area contributed by atoms with Crippen LogP contribution in [0.5, 0.6) is 0 Å². The third-order valence-electron chi connectivity index (χ3n) is 4.70. The fourth-order valence-corrected chi connectivity index (χ4v) is 4.29. The van der Waals surface area contributed by atoms with E-state index in [0.29, 0.717) is 32.2 Å². The molecule has 6 heteroatoms. The second-order valence-corrected chi connectivity index (χ2v) is 8.56. The number of hydrogen-bond donors (Lipinski definition) is 0. The van der Waals surface area contributed by atoms with Gasteiger partial charge in [-0.05, 0) is 48.1 Å². The number of nitrogens with zero attached hydrogens (tertiary/aromatic N) is 1. The molecule has 3 rings (SSSR count). The molecule has 0 atom stereocenters. The first-order valence-electron chi connectivity index (χ1n) is 9.08. The van der Waals surface area contributed by atoms with E-state index in [4.69, 9.17) is 4.74 Å². The minimum Gasteiger partial charge on any atom is -0.376 e. The van der Waals surface area contributed by atoms with Crippen LogP contribution in [0.3, 0.4) is 0 Å². The molecule has 0 aliphatic carbocycles. The number of hydrogen-bond acceptors (Lipinski definition) is 3. The molecular weight excluding hydrogens is 365 g/mol. The molecule has 0 bridgehead atoms. The van der Waals surface area contributed by atoms with Crippen molar-refractivity contribution in [2.45, 2.75) is 19.4 Å². The number of piperidine rings is 1. The van der Waals surface area contributed by atoms with Gasteiger partial charge in [0.1, 0.15) is 5.82 Å². The van der Waals surface area contributed by atoms with Crippen molar-refractivity contribution in [1.82, 2.24) is 4.31 Å². The van der Waals surface area contributed by atoms with E-state index in [1.54, 1.807) is 18.2 Å². The molecule has 1 heterocycles. The Bertz CT molecular complexity index is 843. The highest BCUT2D eigenvalue weighted by atomic mass is 32.2. The van der Waals surface area contributed by atoms with E-state index in [1.165, 1.54) is 21.8 Å². The van der Waals surface area contributed by atoms with Crippen molar-refractivity contribution in [3.8, 4) is 0 Å². The van der Waals surface area contributed by atoms with Crippen LogP contribution in [0.4, 0.5) is 4.39 Å². The summed E-state index contributed by atoms with van der Waals surface area (Å²) in [5.74, 6) is 0.0867. The van der Waals surface area contributed by atoms with Crippen LogP contribution in [0.1, 0.15) is 24.0 Å². The summed E-state index contributed by atoms with van der Waals surface area (Å²) in [6.07, 6.45) is 3.19. The van der Waals surface area contributed by atoms with Gasteiger partial charge in [0.25, 0.3) is 0 Å². The highest BCUT2D eigenvalue weighted by Crippen LogP contribution is 2.21. The van der Waals surface area contributed by atoms with Crippen LogP contribution in [-0.2, 0) is 21.4 Å². The molecule has 0 unspecified atom stereocenters. The van der Waals surface area contributed by atoms with Gasteiger partial charge >= 0.3 is 0 Å². The monoisotopic (exact) mass is 389 g/mol. The van der Waals surface area contributed by atoms with Gasteiger partial charge in [-0.1, -0.05) is 42.5 Å². The second-order valence-electron chi connectivity index (χ2n) is 6.74. The van der Waals surface area contributed by atoms with E-state index >= 15 is 0 Å². The molecule has 0 amide bonds. The maximum absolute atomic E-state index is 12.9. The molecule has 2 aromatic rings. The standard InChI is InChI=1S/C21H24FNO3S/c22-21-8-6-19(7-9-21)16-26-17-20-10-13-23(14-11-20)27(24,25)15-12-18-4-2-1-3-5-18/h1-9,12,15,20H,10-11,13-14,16-17H2/b15-12+. The number of ether oxygens (including phenoxy) is 1. The van der Waals surface area contributed by atoms with Gasteiger partial charge in [0.05, 0.1) is 6.61 Å². The molecule has 0 N–H and O–H groups in total. The van der Waals surface area contributed by atoms with Crippen LogP contribution in [0.2, 0.25) is 0 Å². The summed E-state index contributed by atoms with van der Waals surface area (Å²) in [6.45, 7) is 2.04. The average Bonchev–Trinajstić information content (AvgIpc) is 2.69. The number of benzene rings is 2. The molecule has 0 spiro atoms. The van der Waals surface area contributed by atoms with Gasteiger partial charge in [0.15, 0.2) is 0 Å². The van der Waals surface area contributed by atoms with Crippen LogP contribution < -0.4 is 0 Å². The van der Waals surface area contributed by atoms with E-state index in [9.17, 15) is 12.8 Å². The predicted molar refractivity (Wildman–Crippen MR) is 105 cm³/mol. The summed E-state index contributed by atoms with van der Waals surface area (Å²) < 4.78 is 45.1. The Morgan fingerprint density at radius 2 is 1.70 bits per heavy atom. The fourth-order valence-electron chi connectivity index (χ4n) is 3.07. The van der Waals surface area contributed by atoms with Crippen LogP contribution >= 0.6 is 0 Å². The summed E-state index contributed by atoms with van der Waals surface area (Å²) in [6, 6.07) is 15.7. The van der Waals surface area contributed by atoms with Gasteiger partial charge in [-0.15, -0.1) is 0 Å². The molecule has 0 radical (unpaired) electrons. The van der Waals surface area contributed by atoms with Crippen molar-refractivity contribution in [3.63, 3.8) is 0 Å². The molecule has 4 nitrogen and oxygen atoms in total. The molecular formula is C21H24FNO3S. The average molecular weight is 389 g/mol. The molecule has 0 saturated carbocycles. The van der Waals surface area contributed by atoms with Gasteiger partial charge in [-0.25, -0.2) is 12.8 Å². The van der Waals surface area contributed by atoms with Gasteiger partial charge in [-0.3, -0.25) is 0 Å². The smallest absolute Gasteiger partial charge is 0.236 e. The molecule has 1 aliphatic rings. The zero-order valence-corrected chi connectivity index (χ0v) is 15.9. The van der Waals surface area contributed by atoms with Gasteiger partial charge in [0.2, 0.25) is 10.0 Å². The van der Waals surface area contributed by atoms with Crippen LogP contribution in [-0.4, -0.2) is 32.4 Å². The Kier molecular flexibility index (Phi) is 6.77. The summed E-state index contributed by atoms with van der Waals surface area (Å²) in [5, 5.41) is 1.29. The Balaban J connectivity index is 1.44. The van der Waals surface area contributed by atoms with Crippen molar-refractivity contribution in [3.05, 3.63) is 76.9 Å². The van der Waals surface area contributed by atoms with E-state index in [2.05, 4.69) is 0 Å². The lowest BCUT2D eigenvalue weighted by Crippen LogP contribution is -2.38. The highest BCUT2D eigenvalue weighted by Gasteiger charge is 2.26. The van der Waals surface area contributed by atoms with E-state index in [0.717, 1.165) is 24.0 Å². The lowest BCUT2D eigenvalue weighted by atomic mass is 9.99. The third-order valence-corrected chi connectivity index (χ3v) is 6.27. The molecule has 1 aliphatic heterocycles. The molecule has 0 aromatic heterocycles. The largest absolute Gasteiger partial charge is 0.376 e. The van der Waals surface area contributed by atoms with Gasteiger partial charge in [0, 0.05) is 25.1 Å². The number of halogens is 1. The van der Waals surface area contributed by atoms with Crippen LogP contribution in [0, 0.1) is 11.7 Å². The quantitative estimate of drug-likeness (QED) is 0.718. The maximum atomic E-state index is 12.9. The Hall–Kier alpha value is -2.02. The fraction of sp³-hybridized carbons (Fsp3) is 0.333. The zero-order valence-electron chi connectivity index (χ0n) is 15.1. The highest BCUT2D eigenvalue weighted by molar-refractivity contribution is 7.92. The maximum Gasteiger partial charge on any atom is 0.236 e. The molecule has 144 valence electrons. The summed E-state index contributed by atoms with van der Waals surface area (Å²) in [5.41, 5.74) is 1.80. The van der Waals surface area contributed by atoms with Gasteiger partial charge in [-0.2, -0.15) is 4.31 Å². The minimum absolute atomic E-state index is 0.256. The number of sulfonamides is 1. The Labute approximate surface area is 160 Å². The molecule has 27 heavy (non-hydrogen) atoms. The van der Waals surface area contributed by atoms with Crippen molar-refractivity contribution in [2.24, 2.45) is 5.92 Å². The van der Waals surface area contributed by atoms with E-state index in [-0.39, 0.29) is 5.82 Å². The van der Waals surface area contributed by atoms with Crippen molar-refractivity contribution in [1.29, 1.82) is 0 Å². The zero-order chi connectivity index (χ0) is 19.1. The first-order chi connectivity index (χ1) is 13.0. The first-order valence-corrected chi connectivity index (χ1v) is 10.6. The van der Waals surface area contributed by atoms with Gasteiger partial charge < -0.3 is 4.74 Å². The topological polar surface area (TPSA) is 46.6 Å². The second kappa shape index (κ2) is 9.26. The van der Waals surface area contributed by atoms with E-state index in [1.807, 2.05) is 30.3 Å². The summed E-state index contributed by atoms with van der Waals surface area (Å²) in [4.78, 5) is 0. The third kappa shape index (κ3) is 5.99. The first kappa shape index (κ1) is 19.7. The lowest BCUT2D eigenvalue weighted by molar-refractivity contribution is 0.0689. The summed E-state index contributed by atoms with van der Waals surface area (Å²) in [7, 11) is -3.40. The van der Waals surface area contributed by atoms with Crippen molar-refractivity contribution >= 4 is 16.1 Å². The van der Waals surface area contributed by atoms with Crippen LogP contribution in [0.15, 0.2) is 60.0 Å². The van der Waals surface area contributed by atoms with Crippen LogP contribution in [0.25, 0.3) is 6.08 Å². The Morgan fingerprint density at radius 1 is 1.04 bits per heavy atom. The van der Waals surface area contributed by atoms with Crippen molar-refractivity contribution in [2.75, 3.05) is 19.7 Å². The molecule has 2 aromatic carbocycles. The summed E-state index contributed by atoms with van der Waals surface area (Å²) >= 11 is 0. The number of rotatable bonds is 7.